The average molecular weight is 219 g/mol. The maximum absolute atomic E-state index is 11.7. The number of carbonyl (C=O) groups excluding carboxylic acids is 1. The Labute approximate surface area is 95.4 Å². The Balaban J connectivity index is 2.31. The molecule has 1 amide bonds. The second-order valence-electron chi connectivity index (χ2n) is 3.97. The van der Waals surface area contributed by atoms with Crippen molar-refractivity contribution < 1.29 is 4.79 Å². The van der Waals surface area contributed by atoms with Crippen LogP contribution in [0.15, 0.2) is 24.3 Å². The number of amides is 1. The molecule has 0 bridgehead atoms. The van der Waals surface area contributed by atoms with E-state index in [9.17, 15) is 4.79 Å². The van der Waals surface area contributed by atoms with Crippen LogP contribution in [0.25, 0.3) is 0 Å². The van der Waals surface area contributed by atoms with Crippen molar-refractivity contribution in [2.45, 2.75) is 19.4 Å². The maximum Gasteiger partial charge on any atom is 0.242 e. The van der Waals surface area contributed by atoms with E-state index >= 15 is 0 Å². The summed E-state index contributed by atoms with van der Waals surface area (Å²) in [6, 6.07) is 7.60. The molecule has 16 heavy (non-hydrogen) atoms. The van der Waals surface area contributed by atoms with Crippen LogP contribution in [0.1, 0.15) is 13.3 Å². The highest BCUT2D eigenvalue weighted by Gasteiger charge is 2.28. The molecule has 0 aromatic heterocycles. The molecule has 4 nitrogen and oxygen atoms in total. The van der Waals surface area contributed by atoms with E-state index in [1.165, 1.54) is 0 Å². The van der Waals surface area contributed by atoms with E-state index < -0.39 is 0 Å². The van der Waals surface area contributed by atoms with Gasteiger partial charge in [-0.25, -0.2) is 0 Å². The van der Waals surface area contributed by atoms with Gasteiger partial charge in [-0.3, -0.25) is 4.79 Å². The molecule has 86 valence electrons. The molecule has 1 fully saturated rings. The highest BCUT2D eigenvalue weighted by atomic mass is 16.2. The fourth-order valence-corrected chi connectivity index (χ4v) is 2.16. The zero-order valence-electron chi connectivity index (χ0n) is 9.44. The summed E-state index contributed by atoms with van der Waals surface area (Å²) in [5.74, 6) is 0.0944. The molecule has 2 rings (SSSR count). The van der Waals surface area contributed by atoms with Crippen LogP contribution in [0.3, 0.4) is 0 Å². The molecule has 1 atom stereocenters. The van der Waals surface area contributed by atoms with Gasteiger partial charge in [0.1, 0.15) is 6.04 Å². The fourth-order valence-electron chi connectivity index (χ4n) is 2.16. The molecule has 1 aromatic carbocycles. The number of hydrogen-bond acceptors (Lipinski definition) is 3. The molecule has 0 radical (unpaired) electrons. The summed E-state index contributed by atoms with van der Waals surface area (Å²) in [5, 5.41) is 2.88. The average Bonchev–Trinajstić information content (AvgIpc) is 2.29. The minimum Gasteiger partial charge on any atom is -0.397 e. The van der Waals surface area contributed by atoms with Gasteiger partial charge in [0.05, 0.1) is 11.4 Å². The zero-order chi connectivity index (χ0) is 11.5. The minimum atomic E-state index is -0.0987. The van der Waals surface area contributed by atoms with Crippen molar-refractivity contribution in [1.29, 1.82) is 0 Å². The molecule has 4 heteroatoms. The van der Waals surface area contributed by atoms with Gasteiger partial charge in [0, 0.05) is 13.1 Å². The van der Waals surface area contributed by atoms with Crippen LogP contribution in [-0.4, -0.2) is 25.0 Å². The highest BCUT2D eigenvalue weighted by Crippen LogP contribution is 2.26. The number of nitrogens with zero attached hydrogens (tertiary/aromatic N) is 1. The van der Waals surface area contributed by atoms with E-state index in [1.807, 2.05) is 31.2 Å². The molecule has 3 N–H and O–H groups in total. The van der Waals surface area contributed by atoms with Gasteiger partial charge in [-0.2, -0.15) is 0 Å². The van der Waals surface area contributed by atoms with Gasteiger partial charge in [-0.05, 0) is 18.6 Å². The lowest BCUT2D eigenvalue weighted by atomic mass is 10.1. The summed E-state index contributed by atoms with van der Waals surface area (Å²) >= 11 is 0. The van der Waals surface area contributed by atoms with E-state index in [4.69, 9.17) is 5.73 Å². The molecular formula is C12H17N3O. The number of carbonyl (C=O) groups is 1. The van der Waals surface area contributed by atoms with Crippen molar-refractivity contribution in [3.05, 3.63) is 24.3 Å². The molecule has 1 aliphatic heterocycles. The van der Waals surface area contributed by atoms with Crippen LogP contribution in [-0.2, 0) is 4.79 Å². The first-order valence-electron chi connectivity index (χ1n) is 5.63. The van der Waals surface area contributed by atoms with E-state index in [1.54, 1.807) is 0 Å². The third-order valence-electron chi connectivity index (χ3n) is 2.96. The number of nitrogens with one attached hydrogen (secondary N) is 1. The van der Waals surface area contributed by atoms with E-state index in [2.05, 4.69) is 10.2 Å². The van der Waals surface area contributed by atoms with E-state index in [-0.39, 0.29) is 11.9 Å². The van der Waals surface area contributed by atoms with Crippen LogP contribution in [0, 0.1) is 0 Å². The van der Waals surface area contributed by atoms with Crippen LogP contribution in [0.5, 0.6) is 0 Å². The second kappa shape index (κ2) is 4.43. The number of para-hydroxylation sites is 2. The van der Waals surface area contributed by atoms with Crippen molar-refractivity contribution in [3.8, 4) is 0 Å². The van der Waals surface area contributed by atoms with Gasteiger partial charge in [0.2, 0.25) is 5.91 Å². The number of hydrogen-bond donors (Lipinski definition) is 2. The predicted octanol–water partition coefficient (Wildman–Crippen LogP) is 0.984. The number of rotatable bonds is 2. The standard InChI is InChI=1S/C12H17N3O/c1-2-10-12(16)14-7-8-15(10)11-6-4-3-5-9(11)13/h3-6,10H,2,7-8,13H2,1H3,(H,14,16). The Hall–Kier alpha value is -1.71. The van der Waals surface area contributed by atoms with Gasteiger partial charge in [-0.15, -0.1) is 0 Å². The van der Waals surface area contributed by atoms with Crippen LogP contribution in [0.2, 0.25) is 0 Å². The first-order valence-corrected chi connectivity index (χ1v) is 5.63. The number of benzene rings is 1. The maximum atomic E-state index is 11.7. The van der Waals surface area contributed by atoms with Crippen molar-refractivity contribution in [1.82, 2.24) is 5.32 Å². The van der Waals surface area contributed by atoms with Crippen molar-refractivity contribution in [3.63, 3.8) is 0 Å². The normalized spacial score (nSPS) is 20.7. The van der Waals surface area contributed by atoms with Gasteiger partial charge >= 0.3 is 0 Å². The molecule has 1 aliphatic rings. The summed E-state index contributed by atoms with van der Waals surface area (Å²) in [7, 11) is 0. The predicted molar refractivity (Wildman–Crippen MR) is 65.3 cm³/mol. The molecule has 0 aliphatic carbocycles. The summed E-state index contributed by atoms with van der Waals surface area (Å²) in [6.07, 6.45) is 0.792. The lowest BCUT2D eigenvalue weighted by Gasteiger charge is -2.36. The fraction of sp³-hybridized carbons (Fsp3) is 0.417. The van der Waals surface area contributed by atoms with Gasteiger partial charge in [-0.1, -0.05) is 19.1 Å². The molecule has 0 saturated carbocycles. The Morgan fingerprint density at radius 2 is 2.25 bits per heavy atom. The van der Waals surface area contributed by atoms with Crippen molar-refractivity contribution in [2.75, 3.05) is 23.7 Å². The molecule has 1 heterocycles. The quantitative estimate of drug-likeness (QED) is 0.729. The number of nitrogens with two attached hydrogens (primary N) is 1. The Bertz CT molecular complexity index is 392. The molecular weight excluding hydrogens is 202 g/mol. The zero-order valence-corrected chi connectivity index (χ0v) is 9.44. The number of piperazine rings is 1. The van der Waals surface area contributed by atoms with Gasteiger partial charge < -0.3 is 16.0 Å². The van der Waals surface area contributed by atoms with Crippen molar-refractivity contribution >= 4 is 17.3 Å². The molecule has 1 aromatic rings. The summed E-state index contributed by atoms with van der Waals surface area (Å²) in [4.78, 5) is 13.8. The Kier molecular flexibility index (Phi) is 2.99. The largest absolute Gasteiger partial charge is 0.397 e. The second-order valence-corrected chi connectivity index (χ2v) is 3.97. The topological polar surface area (TPSA) is 58.4 Å². The number of anilines is 2. The monoisotopic (exact) mass is 219 g/mol. The highest BCUT2D eigenvalue weighted by molar-refractivity contribution is 5.87. The summed E-state index contributed by atoms with van der Waals surface area (Å²) < 4.78 is 0. The first-order chi connectivity index (χ1) is 7.74. The third-order valence-corrected chi connectivity index (χ3v) is 2.96. The van der Waals surface area contributed by atoms with Gasteiger partial charge in [0.25, 0.3) is 0 Å². The lowest BCUT2D eigenvalue weighted by Crippen LogP contribution is -2.55. The summed E-state index contributed by atoms with van der Waals surface area (Å²) in [6.45, 7) is 3.52. The molecule has 1 unspecified atom stereocenters. The molecule has 0 spiro atoms. The summed E-state index contributed by atoms with van der Waals surface area (Å²) in [5.41, 5.74) is 7.63. The third kappa shape index (κ3) is 1.83. The molecule has 1 saturated heterocycles. The van der Waals surface area contributed by atoms with Crippen molar-refractivity contribution in [2.24, 2.45) is 0 Å². The Morgan fingerprint density at radius 3 is 2.94 bits per heavy atom. The van der Waals surface area contributed by atoms with Gasteiger partial charge in [0.15, 0.2) is 0 Å². The SMILES string of the molecule is CCC1C(=O)NCCN1c1ccccc1N. The van der Waals surface area contributed by atoms with E-state index in [0.717, 1.165) is 24.3 Å². The van der Waals surface area contributed by atoms with Crippen LogP contribution >= 0.6 is 0 Å². The van der Waals surface area contributed by atoms with E-state index in [0.29, 0.717) is 6.54 Å². The Morgan fingerprint density at radius 1 is 1.50 bits per heavy atom. The number of nitrogen functional groups attached to an aromatic ring is 1. The smallest absolute Gasteiger partial charge is 0.242 e. The lowest BCUT2D eigenvalue weighted by molar-refractivity contribution is -0.123. The van der Waals surface area contributed by atoms with Crippen LogP contribution < -0.4 is 16.0 Å². The first kappa shape index (κ1) is 10.8. The minimum absolute atomic E-state index is 0.0944. The van der Waals surface area contributed by atoms with Crippen LogP contribution in [0.4, 0.5) is 11.4 Å².